The van der Waals surface area contributed by atoms with E-state index in [1.54, 1.807) is 18.2 Å². The summed E-state index contributed by atoms with van der Waals surface area (Å²) in [7, 11) is 0. The maximum atomic E-state index is 12.4. The lowest BCUT2D eigenvalue weighted by atomic mass is 10.2. The van der Waals surface area contributed by atoms with Gasteiger partial charge >= 0.3 is 0 Å². The monoisotopic (exact) mass is 326 g/mol. The zero-order chi connectivity index (χ0) is 15.7. The van der Waals surface area contributed by atoms with Gasteiger partial charge in [0.05, 0.1) is 16.7 Å². The van der Waals surface area contributed by atoms with Crippen molar-refractivity contribution in [2.45, 2.75) is 6.92 Å². The lowest BCUT2D eigenvalue weighted by Crippen LogP contribution is -2.10. The molecule has 2 aromatic carbocycles. The van der Waals surface area contributed by atoms with E-state index in [1.807, 2.05) is 31.2 Å². The summed E-state index contributed by atoms with van der Waals surface area (Å²) in [5, 5.41) is 13.0. The van der Waals surface area contributed by atoms with Gasteiger partial charge in [-0.25, -0.2) is 0 Å². The van der Waals surface area contributed by atoms with Gasteiger partial charge in [0, 0.05) is 15.8 Å². The van der Waals surface area contributed by atoms with Gasteiger partial charge in [-0.2, -0.15) is 5.26 Å². The number of fused-ring (bicyclic) bond motifs is 1. The summed E-state index contributed by atoms with van der Waals surface area (Å²) in [6.45, 7) is 1.99. The minimum Gasteiger partial charge on any atom is -0.321 e. The fraction of sp³-hybridized carbons (Fsp3) is 0.0588. The van der Waals surface area contributed by atoms with Crippen LogP contribution in [0.2, 0.25) is 5.02 Å². The van der Waals surface area contributed by atoms with Gasteiger partial charge in [0.2, 0.25) is 0 Å². The van der Waals surface area contributed by atoms with Crippen molar-refractivity contribution in [3.8, 4) is 6.07 Å². The summed E-state index contributed by atoms with van der Waals surface area (Å²) in [5.74, 6) is -0.242. The van der Waals surface area contributed by atoms with E-state index in [1.165, 1.54) is 11.3 Å². The second-order valence-electron chi connectivity index (χ2n) is 4.89. The molecular weight excluding hydrogens is 316 g/mol. The molecule has 0 spiro atoms. The van der Waals surface area contributed by atoms with Gasteiger partial charge in [0.15, 0.2) is 0 Å². The lowest BCUT2D eigenvalue weighted by Gasteiger charge is -2.04. The fourth-order valence-electron chi connectivity index (χ4n) is 2.11. The van der Waals surface area contributed by atoms with Crippen LogP contribution in [-0.4, -0.2) is 5.91 Å². The molecule has 0 bridgehead atoms. The number of aryl methyl sites for hydroxylation is 1. The maximum Gasteiger partial charge on any atom is 0.267 e. The van der Waals surface area contributed by atoms with Crippen molar-refractivity contribution in [1.82, 2.24) is 0 Å². The molecule has 0 saturated carbocycles. The van der Waals surface area contributed by atoms with Crippen molar-refractivity contribution in [2.24, 2.45) is 0 Å². The van der Waals surface area contributed by atoms with Crippen molar-refractivity contribution in [3.63, 3.8) is 0 Å². The van der Waals surface area contributed by atoms with Crippen LogP contribution in [0.5, 0.6) is 0 Å². The Labute approximate surface area is 136 Å². The first kappa shape index (κ1) is 14.6. The van der Waals surface area contributed by atoms with Gasteiger partial charge < -0.3 is 5.32 Å². The molecule has 0 fully saturated rings. The summed E-state index contributed by atoms with van der Waals surface area (Å²) >= 11 is 7.59. The van der Waals surface area contributed by atoms with Crippen molar-refractivity contribution in [2.75, 3.05) is 5.32 Å². The normalized spacial score (nSPS) is 10.4. The standard InChI is InChI=1S/C17H11ClN2OS/c1-10-2-5-12(6-3-10)20-17(21)16-15(18)13-7-4-11(9-19)8-14(13)22-16/h2-8H,1H3,(H,20,21). The van der Waals surface area contributed by atoms with Gasteiger partial charge in [-0.1, -0.05) is 35.4 Å². The van der Waals surface area contributed by atoms with Crippen LogP contribution in [0.15, 0.2) is 42.5 Å². The Morgan fingerprint density at radius 3 is 2.64 bits per heavy atom. The van der Waals surface area contributed by atoms with E-state index in [2.05, 4.69) is 11.4 Å². The third-order valence-electron chi connectivity index (χ3n) is 3.27. The average molecular weight is 327 g/mol. The molecule has 0 aliphatic carbocycles. The maximum absolute atomic E-state index is 12.4. The third-order valence-corrected chi connectivity index (χ3v) is 4.93. The molecule has 108 valence electrons. The summed E-state index contributed by atoms with van der Waals surface area (Å²) < 4.78 is 0.832. The first-order chi connectivity index (χ1) is 10.6. The quantitative estimate of drug-likeness (QED) is 0.721. The molecule has 5 heteroatoms. The van der Waals surface area contributed by atoms with Crippen molar-refractivity contribution in [3.05, 3.63) is 63.5 Å². The summed E-state index contributed by atoms with van der Waals surface area (Å²) in [5.41, 5.74) is 2.40. The smallest absolute Gasteiger partial charge is 0.267 e. The molecule has 0 atom stereocenters. The largest absolute Gasteiger partial charge is 0.321 e. The number of nitrogens with zero attached hydrogens (tertiary/aromatic N) is 1. The highest BCUT2D eigenvalue weighted by atomic mass is 35.5. The van der Waals surface area contributed by atoms with Gasteiger partial charge in [0.25, 0.3) is 5.91 Å². The molecule has 3 rings (SSSR count). The molecule has 1 heterocycles. The highest BCUT2D eigenvalue weighted by Gasteiger charge is 2.17. The molecule has 0 aliphatic rings. The van der Waals surface area contributed by atoms with Gasteiger partial charge in [-0.3, -0.25) is 4.79 Å². The zero-order valence-corrected chi connectivity index (χ0v) is 13.3. The molecule has 0 radical (unpaired) electrons. The molecular formula is C17H11ClN2OS. The van der Waals surface area contributed by atoms with E-state index in [9.17, 15) is 4.79 Å². The van der Waals surface area contributed by atoms with Crippen LogP contribution in [0.3, 0.4) is 0 Å². The number of thiophene rings is 1. The highest BCUT2D eigenvalue weighted by molar-refractivity contribution is 7.21. The fourth-order valence-corrected chi connectivity index (χ4v) is 3.56. The highest BCUT2D eigenvalue weighted by Crippen LogP contribution is 2.36. The molecule has 1 N–H and O–H groups in total. The van der Waals surface area contributed by atoms with Crippen molar-refractivity contribution < 1.29 is 4.79 Å². The number of hydrogen-bond donors (Lipinski definition) is 1. The molecule has 0 unspecified atom stereocenters. The second-order valence-corrected chi connectivity index (χ2v) is 6.32. The molecule has 3 aromatic rings. The van der Waals surface area contributed by atoms with Crippen LogP contribution in [0, 0.1) is 18.3 Å². The number of hydrogen-bond acceptors (Lipinski definition) is 3. The van der Waals surface area contributed by atoms with Crippen LogP contribution >= 0.6 is 22.9 Å². The number of carbonyl (C=O) groups is 1. The van der Waals surface area contributed by atoms with Crippen LogP contribution < -0.4 is 5.32 Å². The predicted molar refractivity (Wildman–Crippen MR) is 90.7 cm³/mol. The van der Waals surface area contributed by atoms with Crippen molar-refractivity contribution >= 4 is 44.6 Å². The zero-order valence-electron chi connectivity index (χ0n) is 11.7. The predicted octanol–water partition coefficient (Wildman–Crippen LogP) is 4.99. The molecule has 0 aliphatic heterocycles. The minimum atomic E-state index is -0.242. The number of nitrogens with one attached hydrogen (secondary N) is 1. The Balaban J connectivity index is 1.95. The van der Waals surface area contributed by atoms with Crippen molar-refractivity contribution in [1.29, 1.82) is 5.26 Å². The van der Waals surface area contributed by atoms with Crippen LogP contribution in [0.4, 0.5) is 5.69 Å². The van der Waals surface area contributed by atoms with Gasteiger partial charge in [-0.05, 0) is 31.2 Å². The Hall–Kier alpha value is -2.35. The lowest BCUT2D eigenvalue weighted by molar-refractivity contribution is 0.103. The van der Waals surface area contributed by atoms with Crippen LogP contribution in [0.25, 0.3) is 10.1 Å². The van der Waals surface area contributed by atoms with E-state index >= 15 is 0 Å². The molecule has 1 amide bonds. The number of benzene rings is 2. The number of carbonyl (C=O) groups excluding carboxylic acids is 1. The Bertz CT molecular complexity index is 907. The minimum absolute atomic E-state index is 0.242. The van der Waals surface area contributed by atoms with Gasteiger partial charge in [0.1, 0.15) is 4.88 Å². The average Bonchev–Trinajstić information content (AvgIpc) is 2.86. The topological polar surface area (TPSA) is 52.9 Å². The summed E-state index contributed by atoms with van der Waals surface area (Å²) in [4.78, 5) is 12.8. The second kappa shape index (κ2) is 5.80. The Morgan fingerprint density at radius 2 is 1.95 bits per heavy atom. The Morgan fingerprint density at radius 1 is 1.23 bits per heavy atom. The van der Waals surface area contributed by atoms with E-state index < -0.39 is 0 Å². The van der Waals surface area contributed by atoms with Crippen LogP contribution in [0.1, 0.15) is 20.8 Å². The van der Waals surface area contributed by atoms with E-state index in [-0.39, 0.29) is 5.91 Å². The van der Waals surface area contributed by atoms with E-state index in [0.717, 1.165) is 21.3 Å². The SMILES string of the molecule is Cc1ccc(NC(=O)c2sc3cc(C#N)ccc3c2Cl)cc1. The first-order valence-electron chi connectivity index (χ1n) is 6.58. The van der Waals surface area contributed by atoms with Crippen LogP contribution in [-0.2, 0) is 0 Å². The molecule has 1 aromatic heterocycles. The Kier molecular flexibility index (Phi) is 3.84. The molecule has 3 nitrogen and oxygen atoms in total. The summed E-state index contributed by atoms with van der Waals surface area (Å²) in [6.07, 6.45) is 0. The van der Waals surface area contributed by atoms with E-state index in [0.29, 0.717) is 15.5 Å². The third kappa shape index (κ3) is 2.69. The van der Waals surface area contributed by atoms with Gasteiger partial charge in [-0.15, -0.1) is 11.3 Å². The number of amides is 1. The number of anilines is 1. The number of nitriles is 1. The van der Waals surface area contributed by atoms with E-state index in [4.69, 9.17) is 16.9 Å². The first-order valence-corrected chi connectivity index (χ1v) is 7.78. The summed E-state index contributed by atoms with van der Waals surface area (Å²) in [6, 6.07) is 14.9. The number of halogens is 1. The molecule has 22 heavy (non-hydrogen) atoms. The molecule has 0 saturated heterocycles. The number of rotatable bonds is 2.